The minimum absolute atomic E-state index is 0.0179. The first-order chi connectivity index (χ1) is 11.1. The van der Waals surface area contributed by atoms with Crippen LogP contribution in [0.5, 0.6) is 0 Å². The molecule has 23 heavy (non-hydrogen) atoms. The summed E-state index contributed by atoms with van der Waals surface area (Å²) in [5.74, 6) is 0.613. The molecule has 3 aliphatic rings. The Labute approximate surface area is 136 Å². The van der Waals surface area contributed by atoms with Crippen LogP contribution in [-0.4, -0.2) is 40.5 Å². The van der Waals surface area contributed by atoms with E-state index in [1.165, 1.54) is 12.8 Å². The Morgan fingerprint density at radius 1 is 1.26 bits per heavy atom. The van der Waals surface area contributed by atoms with Crippen molar-refractivity contribution in [2.75, 3.05) is 13.1 Å². The standard InChI is InChI=1S/C19H23N3O/c1-19(2)17(14-7-10-22(19)11-8-14)21-18(23)15-6-5-13-4-3-9-20-16(13)12-15/h3-6,9,12,14,17H,7-8,10-11H2,1-2H3,(H,21,23)/t17-/m0/s1. The summed E-state index contributed by atoms with van der Waals surface area (Å²) in [6.07, 6.45) is 4.14. The summed E-state index contributed by atoms with van der Waals surface area (Å²) in [6, 6.07) is 9.90. The van der Waals surface area contributed by atoms with E-state index in [0.717, 1.165) is 24.0 Å². The van der Waals surface area contributed by atoms with Gasteiger partial charge in [0.05, 0.1) is 5.52 Å². The highest BCUT2D eigenvalue weighted by Crippen LogP contribution is 2.39. The van der Waals surface area contributed by atoms with Gasteiger partial charge in [-0.2, -0.15) is 0 Å². The van der Waals surface area contributed by atoms with Gasteiger partial charge in [0.15, 0.2) is 0 Å². The summed E-state index contributed by atoms with van der Waals surface area (Å²) in [5, 5.41) is 4.38. The lowest BCUT2D eigenvalue weighted by Gasteiger charge is -2.56. The number of fused-ring (bicyclic) bond motifs is 4. The molecule has 0 unspecified atom stereocenters. The molecule has 1 atom stereocenters. The van der Waals surface area contributed by atoms with Gasteiger partial charge in [-0.1, -0.05) is 12.1 Å². The van der Waals surface area contributed by atoms with E-state index in [4.69, 9.17) is 0 Å². The van der Waals surface area contributed by atoms with Gasteiger partial charge in [0.25, 0.3) is 5.91 Å². The fourth-order valence-electron chi connectivity index (χ4n) is 4.31. The molecule has 4 heteroatoms. The molecule has 1 N–H and O–H groups in total. The average molecular weight is 309 g/mol. The number of nitrogens with zero attached hydrogens (tertiary/aromatic N) is 2. The molecule has 3 aliphatic heterocycles. The molecule has 0 aliphatic carbocycles. The van der Waals surface area contributed by atoms with Crippen LogP contribution in [0.25, 0.3) is 10.9 Å². The van der Waals surface area contributed by atoms with E-state index in [1.54, 1.807) is 6.20 Å². The highest BCUT2D eigenvalue weighted by Gasteiger charge is 2.48. The van der Waals surface area contributed by atoms with E-state index in [0.29, 0.717) is 11.5 Å². The summed E-state index contributed by atoms with van der Waals surface area (Å²) >= 11 is 0. The van der Waals surface area contributed by atoms with Gasteiger partial charge in [-0.25, -0.2) is 0 Å². The smallest absolute Gasteiger partial charge is 0.251 e. The maximum absolute atomic E-state index is 12.8. The van der Waals surface area contributed by atoms with Crippen LogP contribution in [0.2, 0.25) is 0 Å². The summed E-state index contributed by atoms with van der Waals surface area (Å²) in [4.78, 5) is 19.6. The largest absolute Gasteiger partial charge is 0.347 e. The van der Waals surface area contributed by atoms with Gasteiger partial charge in [-0.3, -0.25) is 14.7 Å². The maximum atomic E-state index is 12.8. The molecule has 1 amide bonds. The first-order valence-corrected chi connectivity index (χ1v) is 8.46. The van der Waals surface area contributed by atoms with E-state index in [-0.39, 0.29) is 17.5 Å². The monoisotopic (exact) mass is 309 g/mol. The van der Waals surface area contributed by atoms with Crippen molar-refractivity contribution in [1.29, 1.82) is 0 Å². The third-order valence-corrected chi connectivity index (χ3v) is 5.74. The van der Waals surface area contributed by atoms with Crippen LogP contribution in [0.4, 0.5) is 0 Å². The average Bonchev–Trinajstić information content (AvgIpc) is 2.58. The number of pyridine rings is 1. The van der Waals surface area contributed by atoms with Gasteiger partial charge in [-0.15, -0.1) is 0 Å². The number of hydrogen-bond acceptors (Lipinski definition) is 3. The quantitative estimate of drug-likeness (QED) is 0.928. The SMILES string of the molecule is CC1(C)[C@@H](NC(=O)c2ccc3cccnc3c2)C2CCN1CC2. The molecule has 2 bridgehead atoms. The van der Waals surface area contributed by atoms with Crippen molar-refractivity contribution >= 4 is 16.8 Å². The number of nitrogens with one attached hydrogen (secondary N) is 1. The van der Waals surface area contributed by atoms with Crippen LogP contribution in [0.3, 0.4) is 0 Å². The number of aromatic nitrogens is 1. The molecule has 0 spiro atoms. The Hall–Kier alpha value is -1.94. The van der Waals surface area contributed by atoms with Crippen molar-refractivity contribution in [3.8, 4) is 0 Å². The van der Waals surface area contributed by atoms with E-state index in [2.05, 4.69) is 29.0 Å². The molecule has 3 fully saturated rings. The number of carbonyl (C=O) groups excluding carboxylic acids is 1. The van der Waals surface area contributed by atoms with Crippen LogP contribution in [-0.2, 0) is 0 Å². The number of hydrogen-bond donors (Lipinski definition) is 1. The second-order valence-corrected chi connectivity index (χ2v) is 7.34. The zero-order valence-corrected chi connectivity index (χ0v) is 13.7. The molecule has 0 radical (unpaired) electrons. The predicted molar refractivity (Wildman–Crippen MR) is 91.4 cm³/mol. The van der Waals surface area contributed by atoms with Gasteiger partial charge >= 0.3 is 0 Å². The first-order valence-electron chi connectivity index (χ1n) is 8.46. The molecule has 4 nitrogen and oxygen atoms in total. The van der Waals surface area contributed by atoms with Crippen LogP contribution in [0.1, 0.15) is 37.0 Å². The molecule has 0 saturated carbocycles. The topological polar surface area (TPSA) is 45.2 Å². The zero-order chi connectivity index (χ0) is 16.0. The normalized spacial score (nSPS) is 28.7. The minimum atomic E-state index is 0.0179. The molecule has 2 aromatic rings. The van der Waals surface area contributed by atoms with Crippen molar-refractivity contribution in [3.63, 3.8) is 0 Å². The lowest BCUT2D eigenvalue weighted by Crippen LogP contribution is -2.69. The highest BCUT2D eigenvalue weighted by atomic mass is 16.1. The number of carbonyl (C=O) groups is 1. The molecule has 1 aromatic carbocycles. The van der Waals surface area contributed by atoms with Crippen molar-refractivity contribution in [3.05, 3.63) is 42.1 Å². The molecular formula is C19H23N3O. The number of piperidine rings is 3. The van der Waals surface area contributed by atoms with E-state index >= 15 is 0 Å². The zero-order valence-electron chi connectivity index (χ0n) is 13.7. The van der Waals surface area contributed by atoms with Crippen molar-refractivity contribution in [2.24, 2.45) is 5.92 Å². The maximum Gasteiger partial charge on any atom is 0.251 e. The third kappa shape index (κ3) is 2.41. The van der Waals surface area contributed by atoms with Crippen molar-refractivity contribution < 1.29 is 4.79 Å². The second kappa shape index (κ2) is 5.31. The van der Waals surface area contributed by atoms with Gasteiger partial charge in [-0.05, 0) is 63.9 Å². The number of amides is 1. The van der Waals surface area contributed by atoms with Gasteiger partial charge in [0.2, 0.25) is 0 Å². The predicted octanol–water partition coefficient (Wildman–Crippen LogP) is 2.84. The molecule has 3 saturated heterocycles. The fourth-order valence-corrected chi connectivity index (χ4v) is 4.31. The highest BCUT2D eigenvalue weighted by molar-refractivity contribution is 5.98. The van der Waals surface area contributed by atoms with Gasteiger partial charge in [0.1, 0.15) is 0 Å². The second-order valence-electron chi connectivity index (χ2n) is 7.34. The number of benzene rings is 1. The Kier molecular flexibility index (Phi) is 3.38. The third-order valence-electron chi connectivity index (χ3n) is 5.74. The van der Waals surface area contributed by atoms with E-state index < -0.39 is 0 Å². The van der Waals surface area contributed by atoms with Crippen LogP contribution in [0, 0.1) is 5.92 Å². The van der Waals surface area contributed by atoms with E-state index in [1.807, 2.05) is 30.3 Å². The van der Waals surface area contributed by atoms with Gasteiger partial charge < -0.3 is 5.32 Å². The fraction of sp³-hybridized carbons (Fsp3) is 0.474. The molecule has 120 valence electrons. The summed E-state index contributed by atoms with van der Waals surface area (Å²) in [6.45, 7) is 6.82. The van der Waals surface area contributed by atoms with Crippen LogP contribution in [0.15, 0.2) is 36.5 Å². The van der Waals surface area contributed by atoms with Crippen LogP contribution >= 0.6 is 0 Å². The molecule has 5 rings (SSSR count). The van der Waals surface area contributed by atoms with E-state index in [9.17, 15) is 4.79 Å². The lowest BCUT2D eigenvalue weighted by molar-refractivity contribution is -0.0378. The Morgan fingerprint density at radius 3 is 2.78 bits per heavy atom. The first kappa shape index (κ1) is 14.6. The van der Waals surface area contributed by atoms with Crippen molar-refractivity contribution in [2.45, 2.75) is 38.3 Å². The Balaban J connectivity index is 1.59. The summed E-state index contributed by atoms with van der Waals surface area (Å²) in [5.41, 5.74) is 1.60. The summed E-state index contributed by atoms with van der Waals surface area (Å²) in [7, 11) is 0. The molecule has 4 heterocycles. The lowest BCUT2D eigenvalue weighted by atomic mass is 9.72. The van der Waals surface area contributed by atoms with Gasteiger partial charge in [0, 0.05) is 28.7 Å². The number of rotatable bonds is 2. The summed E-state index contributed by atoms with van der Waals surface area (Å²) < 4.78 is 0. The minimum Gasteiger partial charge on any atom is -0.347 e. The molecular weight excluding hydrogens is 286 g/mol. The molecule has 1 aromatic heterocycles. The Bertz CT molecular complexity index is 747. The van der Waals surface area contributed by atoms with Crippen molar-refractivity contribution in [1.82, 2.24) is 15.2 Å². The van der Waals surface area contributed by atoms with Crippen LogP contribution < -0.4 is 5.32 Å². The Morgan fingerprint density at radius 2 is 2.04 bits per heavy atom.